The molecule has 0 atom stereocenters. The Morgan fingerprint density at radius 3 is 2.69 bits per heavy atom. The lowest BCUT2D eigenvalue weighted by Gasteiger charge is -2.15. The summed E-state index contributed by atoms with van der Waals surface area (Å²) in [6.07, 6.45) is 1.63. The third-order valence-corrected chi connectivity index (χ3v) is 2.33. The largest absolute Gasteiger partial charge is 0.338 e. The monoisotopic (exact) mass is 237 g/mol. The molecule has 0 saturated carbocycles. The molecule has 1 amide bonds. The van der Waals surface area contributed by atoms with E-state index in [9.17, 15) is 4.79 Å². The molecule has 1 aromatic rings. The zero-order valence-electron chi connectivity index (χ0n) is 9.83. The Kier molecular flexibility index (Phi) is 4.56. The summed E-state index contributed by atoms with van der Waals surface area (Å²) >= 11 is 5.88. The summed E-state index contributed by atoms with van der Waals surface area (Å²) in [5.41, 5.74) is 2.04. The van der Waals surface area contributed by atoms with Crippen LogP contribution in [0.25, 0.3) is 0 Å². The van der Waals surface area contributed by atoms with E-state index in [2.05, 4.69) is 0 Å². The lowest BCUT2D eigenvalue weighted by Crippen LogP contribution is -2.24. The number of carbonyl (C=O) groups is 1. The van der Waals surface area contributed by atoms with Crippen LogP contribution in [-0.2, 0) is 11.3 Å². The summed E-state index contributed by atoms with van der Waals surface area (Å²) in [6.45, 7) is 4.39. The topological polar surface area (TPSA) is 20.3 Å². The Balaban J connectivity index is 2.68. The molecule has 1 aromatic carbocycles. The first-order valence-corrected chi connectivity index (χ1v) is 5.51. The van der Waals surface area contributed by atoms with Crippen LogP contribution in [0.15, 0.2) is 35.9 Å². The minimum atomic E-state index is 0.0139. The van der Waals surface area contributed by atoms with Gasteiger partial charge in [-0.25, -0.2) is 0 Å². The van der Waals surface area contributed by atoms with Crippen LogP contribution >= 0.6 is 11.6 Å². The number of halogens is 1. The summed E-state index contributed by atoms with van der Waals surface area (Å²) in [5, 5.41) is 0.695. The van der Waals surface area contributed by atoms with Crippen molar-refractivity contribution in [2.75, 3.05) is 7.05 Å². The van der Waals surface area contributed by atoms with E-state index in [4.69, 9.17) is 11.6 Å². The highest BCUT2D eigenvalue weighted by Crippen LogP contribution is 2.12. The highest BCUT2D eigenvalue weighted by molar-refractivity contribution is 6.30. The van der Waals surface area contributed by atoms with E-state index in [1.54, 1.807) is 18.0 Å². The molecule has 1 rings (SSSR count). The summed E-state index contributed by atoms with van der Waals surface area (Å²) in [6, 6.07) is 7.53. The van der Waals surface area contributed by atoms with E-state index in [0.717, 1.165) is 11.1 Å². The van der Waals surface area contributed by atoms with Gasteiger partial charge in [-0.2, -0.15) is 0 Å². The zero-order valence-corrected chi connectivity index (χ0v) is 10.6. The molecule has 2 nitrogen and oxygen atoms in total. The van der Waals surface area contributed by atoms with E-state index in [-0.39, 0.29) is 5.91 Å². The number of hydrogen-bond donors (Lipinski definition) is 0. The maximum absolute atomic E-state index is 11.7. The van der Waals surface area contributed by atoms with Gasteiger partial charge in [-0.15, -0.1) is 0 Å². The van der Waals surface area contributed by atoms with Gasteiger partial charge in [0.15, 0.2) is 0 Å². The number of benzene rings is 1. The fraction of sp³-hybridized carbons (Fsp3) is 0.308. The highest BCUT2D eigenvalue weighted by Gasteiger charge is 2.06. The standard InChI is InChI=1S/C13H16ClNO/c1-10(2)7-13(16)15(3)9-11-5-4-6-12(14)8-11/h4-8H,9H2,1-3H3. The first-order valence-electron chi connectivity index (χ1n) is 5.13. The van der Waals surface area contributed by atoms with Gasteiger partial charge in [0.25, 0.3) is 0 Å². The maximum Gasteiger partial charge on any atom is 0.246 e. The number of carbonyl (C=O) groups excluding carboxylic acids is 1. The van der Waals surface area contributed by atoms with Crippen LogP contribution in [-0.4, -0.2) is 17.9 Å². The average Bonchev–Trinajstić information content (AvgIpc) is 2.16. The molecule has 0 heterocycles. The van der Waals surface area contributed by atoms with Gasteiger partial charge in [-0.1, -0.05) is 29.3 Å². The van der Waals surface area contributed by atoms with Gasteiger partial charge in [-0.3, -0.25) is 4.79 Å². The number of allylic oxidation sites excluding steroid dienone is 1. The molecule has 0 N–H and O–H groups in total. The summed E-state index contributed by atoms with van der Waals surface area (Å²) in [4.78, 5) is 13.3. The van der Waals surface area contributed by atoms with Crippen LogP contribution in [0, 0.1) is 0 Å². The summed E-state index contributed by atoms with van der Waals surface area (Å²) in [7, 11) is 1.78. The molecule has 0 aliphatic heterocycles. The molecule has 0 bridgehead atoms. The lowest BCUT2D eigenvalue weighted by atomic mass is 10.2. The van der Waals surface area contributed by atoms with Gasteiger partial charge in [0.1, 0.15) is 0 Å². The number of amides is 1. The fourth-order valence-electron chi connectivity index (χ4n) is 1.34. The summed E-state index contributed by atoms with van der Waals surface area (Å²) < 4.78 is 0. The van der Waals surface area contributed by atoms with Crippen LogP contribution in [0.3, 0.4) is 0 Å². The van der Waals surface area contributed by atoms with E-state index in [0.29, 0.717) is 11.6 Å². The normalized spacial score (nSPS) is 9.75. The van der Waals surface area contributed by atoms with Crippen molar-refractivity contribution in [3.05, 3.63) is 46.5 Å². The Labute approximate surface area is 102 Å². The molecule has 0 unspecified atom stereocenters. The van der Waals surface area contributed by atoms with Crippen molar-refractivity contribution >= 4 is 17.5 Å². The molecule has 0 spiro atoms. The first-order chi connectivity index (χ1) is 7.49. The van der Waals surface area contributed by atoms with Gasteiger partial charge < -0.3 is 4.90 Å². The van der Waals surface area contributed by atoms with Crippen LogP contribution in [0.2, 0.25) is 5.02 Å². The first kappa shape index (κ1) is 12.8. The van der Waals surface area contributed by atoms with Crippen molar-refractivity contribution in [3.63, 3.8) is 0 Å². The molecule has 3 heteroatoms. The lowest BCUT2D eigenvalue weighted by molar-refractivity contribution is -0.125. The van der Waals surface area contributed by atoms with E-state index in [1.165, 1.54) is 0 Å². The molecular formula is C13H16ClNO. The second-order valence-electron chi connectivity index (χ2n) is 4.05. The molecule has 16 heavy (non-hydrogen) atoms. The minimum absolute atomic E-state index is 0.0139. The Morgan fingerprint density at radius 2 is 2.12 bits per heavy atom. The van der Waals surface area contributed by atoms with Crippen molar-refractivity contribution in [1.82, 2.24) is 4.90 Å². The number of nitrogens with zero attached hydrogens (tertiary/aromatic N) is 1. The van der Waals surface area contributed by atoms with Crippen LogP contribution in [0.4, 0.5) is 0 Å². The third kappa shape index (κ3) is 4.07. The predicted octanol–water partition coefficient (Wildman–Crippen LogP) is 3.26. The van der Waals surface area contributed by atoms with Crippen molar-refractivity contribution < 1.29 is 4.79 Å². The Bertz CT molecular complexity index is 408. The molecule has 0 radical (unpaired) electrons. The van der Waals surface area contributed by atoms with E-state index >= 15 is 0 Å². The predicted molar refractivity (Wildman–Crippen MR) is 67.4 cm³/mol. The number of likely N-dealkylation sites (N-methyl/N-ethyl adjacent to an activating group) is 1. The van der Waals surface area contributed by atoms with Crippen molar-refractivity contribution in [1.29, 1.82) is 0 Å². The zero-order chi connectivity index (χ0) is 12.1. The van der Waals surface area contributed by atoms with Crippen LogP contribution in [0.5, 0.6) is 0 Å². The average molecular weight is 238 g/mol. The molecule has 0 aliphatic carbocycles. The number of rotatable bonds is 3. The third-order valence-electron chi connectivity index (χ3n) is 2.10. The summed E-state index contributed by atoms with van der Waals surface area (Å²) in [5.74, 6) is 0.0139. The van der Waals surface area contributed by atoms with E-state index < -0.39 is 0 Å². The van der Waals surface area contributed by atoms with Gasteiger partial charge in [-0.05, 0) is 31.5 Å². The van der Waals surface area contributed by atoms with Crippen LogP contribution < -0.4 is 0 Å². The maximum atomic E-state index is 11.7. The molecular weight excluding hydrogens is 222 g/mol. The van der Waals surface area contributed by atoms with Gasteiger partial charge in [0, 0.05) is 24.7 Å². The molecule has 0 aromatic heterocycles. The van der Waals surface area contributed by atoms with Crippen molar-refractivity contribution in [2.45, 2.75) is 20.4 Å². The Hall–Kier alpha value is -1.28. The Morgan fingerprint density at radius 1 is 1.44 bits per heavy atom. The molecule has 0 fully saturated rings. The molecule has 0 saturated heterocycles. The molecule has 86 valence electrons. The van der Waals surface area contributed by atoms with Crippen molar-refractivity contribution in [2.24, 2.45) is 0 Å². The second-order valence-corrected chi connectivity index (χ2v) is 4.48. The smallest absolute Gasteiger partial charge is 0.246 e. The van der Waals surface area contributed by atoms with E-state index in [1.807, 2.05) is 38.1 Å². The van der Waals surface area contributed by atoms with Gasteiger partial charge in [0.2, 0.25) is 5.91 Å². The minimum Gasteiger partial charge on any atom is -0.338 e. The fourth-order valence-corrected chi connectivity index (χ4v) is 1.56. The number of hydrogen-bond acceptors (Lipinski definition) is 1. The SMILES string of the molecule is CC(C)=CC(=O)N(C)Cc1cccc(Cl)c1. The highest BCUT2D eigenvalue weighted by atomic mass is 35.5. The van der Waals surface area contributed by atoms with Crippen LogP contribution in [0.1, 0.15) is 19.4 Å². The van der Waals surface area contributed by atoms with Gasteiger partial charge in [0.05, 0.1) is 0 Å². The second kappa shape index (κ2) is 5.71. The molecule has 0 aliphatic rings. The quantitative estimate of drug-likeness (QED) is 0.739. The van der Waals surface area contributed by atoms with Crippen molar-refractivity contribution in [3.8, 4) is 0 Å². The van der Waals surface area contributed by atoms with Gasteiger partial charge >= 0.3 is 0 Å².